The van der Waals surface area contributed by atoms with Gasteiger partial charge < -0.3 is 4.74 Å². The van der Waals surface area contributed by atoms with Crippen LogP contribution in [0.5, 0.6) is 0 Å². The molecule has 5 heteroatoms. The highest BCUT2D eigenvalue weighted by molar-refractivity contribution is 6.21. The number of esters is 1. The van der Waals surface area contributed by atoms with Crippen LogP contribution in [0.15, 0.2) is 54.6 Å². The molecular formula is C16H13NO4. The van der Waals surface area contributed by atoms with Crippen molar-refractivity contribution >= 4 is 23.3 Å². The molecule has 2 aromatic carbocycles. The minimum Gasteiger partial charge on any atom is -0.465 e. The van der Waals surface area contributed by atoms with Crippen molar-refractivity contribution in [1.29, 1.82) is 0 Å². The zero-order valence-electron chi connectivity index (χ0n) is 11.4. The summed E-state index contributed by atoms with van der Waals surface area (Å²) in [4.78, 5) is 22.3. The summed E-state index contributed by atoms with van der Waals surface area (Å²) in [7, 11) is 1.28. The van der Waals surface area contributed by atoms with Crippen molar-refractivity contribution in [2.75, 3.05) is 7.11 Å². The maximum atomic E-state index is 11.9. The van der Waals surface area contributed by atoms with Gasteiger partial charge in [0.1, 0.15) is 0 Å². The van der Waals surface area contributed by atoms with Gasteiger partial charge in [0.05, 0.1) is 17.6 Å². The molecule has 2 aromatic rings. The summed E-state index contributed by atoms with van der Waals surface area (Å²) in [5.74, 6) is -0.542. The SMILES string of the molecule is COC(=O)/C(=C/c1ccccc1)c1cccc([N+](=O)[O-])c1. The van der Waals surface area contributed by atoms with Crippen molar-refractivity contribution in [3.63, 3.8) is 0 Å². The van der Waals surface area contributed by atoms with E-state index in [9.17, 15) is 14.9 Å². The molecule has 0 bridgehead atoms. The Hall–Kier alpha value is -2.95. The molecule has 0 aliphatic heterocycles. The third-order valence-electron chi connectivity index (χ3n) is 2.88. The Morgan fingerprint density at radius 3 is 2.48 bits per heavy atom. The van der Waals surface area contributed by atoms with Crippen LogP contribution in [0.4, 0.5) is 5.69 Å². The minimum atomic E-state index is -0.542. The quantitative estimate of drug-likeness (QED) is 0.284. The number of carbonyl (C=O) groups is 1. The average molecular weight is 283 g/mol. The second-order valence-corrected chi connectivity index (χ2v) is 4.27. The van der Waals surface area contributed by atoms with Gasteiger partial charge in [-0.25, -0.2) is 4.79 Å². The molecule has 0 unspecified atom stereocenters. The van der Waals surface area contributed by atoms with Crippen LogP contribution in [-0.4, -0.2) is 18.0 Å². The predicted octanol–water partition coefficient (Wildman–Crippen LogP) is 3.31. The number of benzene rings is 2. The van der Waals surface area contributed by atoms with E-state index in [1.54, 1.807) is 12.1 Å². The zero-order valence-corrected chi connectivity index (χ0v) is 11.4. The second-order valence-electron chi connectivity index (χ2n) is 4.27. The van der Waals surface area contributed by atoms with Crippen molar-refractivity contribution in [1.82, 2.24) is 0 Å². The van der Waals surface area contributed by atoms with E-state index < -0.39 is 10.9 Å². The van der Waals surface area contributed by atoms with E-state index in [1.165, 1.54) is 25.3 Å². The number of ether oxygens (including phenoxy) is 1. The molecule has 0 heterocycles. The van der Waals surface area contributed by atoms with E-state index in [4.69, 9.17) is 4.74 Å². The first-order valence-corrected chi connectivity index (χ1v) is 6.21. The minimum absolute atomic E-state index is 0.0737. The Balaban J connectivity index is 2.51. The fourth-order valence-electron chi connectivity index (χ4n) is 1.87. The molecular weight excluding hydrogens is 270 g/mol. The van der Waals surface area contributed by atoms with Crippen LogP contribution in [0.1, 0.15) is 11.1 Å². The van der Waals surface area contributed by atoms with Gasteiger partial charge in [-0.2, -0.15) is 0 Å². The van der Waals surface area contributed by atoms with Crippen molar-refractivity contribution in [2.45, 2.75) is 0 Å². The molecule has 0 saturated carbocycles. The van der Waals surface area contributed by atoms with Gasteiger partial charge in [0.25, 0.3) is 5.69 Å². The van der Waals surface area contributed by atoms with Gasteiger partial charge in [-0.05, 0) is 17.2 Å². The summed E-state index contributed by atoms with van der Waals surface area (Å²) in [6, 6.07) is 15.1. The molecule has 0 radical (unpaired) electrons. The molecule has 0 saturated heterocycles. The summed E-state index contributed by atoms with van der Waals surface area (Å²) in [5.41, 5.74) is 1.45. The Bertz CT molecular complexity index is 692. The van der Waals surface area contributed by atoms with E-state index in [1.807, 2.05) is 30.3 Å². The van der Waals surface area contributed by atoms with E-state index in [2.05, 4.69) is 0 Å². The number of nitro benzene ring substituents is 1. The number of carbonyl (C=O) groups excluding carboxylic acids is 1. The van der Waals surface area contributed by atoms with Gasteiger partial charge in [-0.3, -0.25) is 10.1 Å². The molecule has 0 fully saturated rings. The lowest BCUT2D eigenvalue weighted by Crippen LogP contribution is -2.04. The third-order valence-corrected chi connectivity index (χ3v) is 2.88. The lowest BCUT2D eigenvalue weighted by Gasteiger charge is -2.06. The molecule has 2 rings (SSSR count). The number of methoxy groups -OCH3 is 1. The van der Waals surface area contributed by atoms with Crippen molar-refractivity contribution in [2.24, 2.45) is 0 Å². The Morgan fingerprint density at radius 1 is 1.14 bits per heavy atom. The van der Waals surface area contributed by atoms with Crippen LogP contribution >= 0.6 is 0 Å². The highest BCUT2D eigenvalue weighted by Crippen LogP contribution is 2.23. The largest absolute Gasteiger partial charge is 0.465 e. The summed E-state index contributed by atoms with van der Waals surface area (Å²) in [6.07, 6.45) is 1.64. The lowest BCUT2D eigenvalue weighted by atomic mass is 10.0. The maximum Gasteiger partial charge on any atom is 0.338 e. The van der Waals surface area contributed by atoms with Crippen LogP contribution in [-0.2, 0) is 9.53 Å². The number of hydrogen-bond donors (Lipinski definition) is 0. The van der Waals surface area contributed by atoms with Gasteiger partial charge in [-0.15, -0.1) is 0 Å². The summed E-state index contributed by atoms with van der Waals surface area (Å²) in [6.45, 7) is 0. The molecule has 0 N–H and O–H groups in total. The summed E-state index contributed by atoms with van der Waals surface area (Å²) < 4.78 is 4.76. The molecule has 0 atom stereocenters. The summed E-state index contributed by atoms with van der Waals surface area (Å²) in [5, 5.41) is 10.8. The fourth-order valence-corrected chi connectivity index (χ4v) is 1.87. The van der Waals surface area contributed by atoms with E-state index in [0.717, 1.165) is 5.56 Å². The molecule has 0 amide bonds. The fraction of sp³-hybridized carbons (Fsp3) is 0.0625. The topological polar surface area (TPSA) is 69.4 Å². The van der Waals surface area contributed by atoms with E-state index >= 15 is 0 Å². The molecule has 0 aliphatic rings. The van der Waals surface area contributed by atoms with E-state index in [-0.39, 0.29) is 11.3 Å². The highest BCUT2D eigenvalue weighted by atomic mass is 16.6. The lowest BCUT2D eigenvalue weighted by molar-refractivity contribution is -0.384. The van der Waals surface area contributed by atoms with Crippen LogP contribution < -0.4 is 0 Å². The third kappa shape index (κ3) is 3.54. The zero-order chi connectivity index (χ0) is 15.2. The Morgan fingerprint density at radius 2 is 1.86 bits per heavy atom. The van der Waals surface area contributed by atoms with E-state index in [0.29, 0.717) is 5.56 Å². The molecule has 5 nitrogen and oxygen atoms in total. The number of nitro groups is 1. The normalized spacial score (nSPS) is 11.0. The van der Waals surface area contributed by atoms with Crippen molar-refractivity contribution in [3.05, 3.63) is 75.8 Å². The molecule has 0 spiro atoms. The molecule has 0 aliphatic carbocycles. The van der Waals surface area contributed by atoms with Gasteiger partial charge in [0.2, 0.25) is 0 Å². The van der Waals surface area contributed by atoms with Gasteiger partial charge in [0, 0.05) is 12.1 Å². The van der Waals surface area contributed by atoms with Gasteiger partial charge in [0.15, 0.2) is 0 Å². The monoisotopic (exact) mass is 283 g/mol. The number of non-ortho nitro benzene ring substituents is 1. The predicted molar refractivity (Wildman–Crippen MR) is 79.4 cm³/mol. The second kappa shape index (κ2) is 6.47. The highest BCUT2D eigenvalue weighted by Gasteiger charge is 2.15. The van der Waals surface area contributed by atoms with Gasteiger partial charge >= 0.3 is 5.97 Å². The maximum absolute atomic E-state index is 11.9. The first-order chi connectivity index (χ1) is 10.1. The first kappa shape index (κ1) is 14.5. The van der Waals surface area contributed by atoms with Gasteiger partial charge in [-0.1, -0.05) is 42.5 Å². The molecule has 0 aromatic heterocycles. The van der Waals surface area contributed by atoms with Crippen molar-refractivity contribution in [3.8, 4) is 0 Å². The van der Waals surface area contributed by atoms with Crippen LogP contribution in [0.25, 0.3) is 11.6 Å². The number of hydrogen-bond acceptors (Lipinski definition) is 4. The summed E-state index contributed by atoms with van der Waals surface area (Å²) >= 11 is 0. The van der Waals surface area contributed by atoms with Crippen molar-refractivity contribution < 1.29 is 14.5 Å². The number of rotatable bonds is 4. The van der Waals surface area contributed by atoms with Crippen LogP contribution in [0, 0.1) is 10.1 Å². The number of nitrogens with zero attached hydrogens (tertiary/aromatic N) is 1. The van der Waals surface area contributed by atoms with Crippen LogP contribution in [0.2, 0.25) is 0 Å². The smallest absolute Gasteiger partial charge is 0.338 e. The standard InChI is InChI=1S/C16H13NO4/c1-21-16(18)15(10-12-6-3-2-4-7-12)13-8-5-9-14(11-13)17(19)20/h2-11H,1H3/b15-10+. The first-order valence-electron chi connectivity index (χ1n) is 6.21. The van der Waals surface area contributed by atoms with Crippen LogP contribution in [0.3, 0.4) is 0 Å². The average Bonchev–Trinajstić information content (AvgIpc) is 2.53. The Labute approximate surface area is 121 Å². The molecule has 21 heavy (non-hydrogen) atoms. The Kier molecular flexibility index (Phi) is 4.46. The molecule has 106 valence electrons.